The molecule has 0 aliphatic carbocycles. The van der Waals surface area contributed by atoms with Gasteiger partial charge in [0.25, 0.3) is 0 Å². The molecule has 0 unspecified atom stereocenters. The number of sulfonamides is 1. The molecule has 1 saturated heterocycles. The number of morpholine rings is 1. The zero-order valence-corrected chi connectivity index (χ0v) is 18.8. The van der Waals surface area contributed by atoms with Crippen LogP contribution in [0.15, 0.2) is 47.4 Å². The van der Waals surface area contributed by atoms with E-state index in [2.05, 4.69) is 19.9 Å². The summed E-state index contributed by atoms with van der Waals surface area (Å²) in [7, 11) is -3.61. The molecule has 1 aromatic heterocycles. The highest BCUT2D eigenvalue weighted by atomic mass is 32.2. The molecule has 1 amide bonds. The summed E-state index contributed by atoms with van der Waals surface area (Å²) >= 11 is 1.38. The molecule has 1 aliphatic rings. The summed E-state index contributed by atoms with van der Waals surface area (Å²) in [5, 5.41) is 3.24. The number of fused-ring (bicyclic) bond motifs is 1. The number of ether oxygens (including phenoxy) is 1. The van der Waals surface area contributed by atoms with Crippen molar-refractivity contribution < 1.29 is 17.9 Å². The average molecular weight is 461 g/mol. The second kappa shape index (κ2) is 9.41. The number of anilines is 1. The van der Waals surface area contributed by atoms with Gasteiger partial charge in [-0.15, -0.1) is 0 Å². The standard InChI is InChI=1S/C21H24N4O4S2/c1-15(26)23-21-24-19-6-5-17(14-20(19)30-21)16-3-2-4-18(13-16)31(27,28)22-7-8-25-9-11-29-12-10-25/h2-6,13-14,22H,7-12H2,1H3,(H,23,24,26). The molecule has 2 aromatic carbocycles. The summed E-state index contributed by atoms with van der Waals surface area (Å²) in [6, 6.07) is 12.6. The van der Waals surface area contributed by atoms with Crippen molar-refractivity contribution in [3.8, 4) is 11.1 Å². The summed E-state index contributed by atoms with van der Waals surface area (Å²) in [6.07, 6.45) is 0. The number of amides is 1. The first-order valence-corrected chi connectivity index (χ1v) is 12.3. The molecule has 10 heteroatoms. The molecule has 2 heterocycles. The van der Waals surface area contributed by atoms with E-state index >= 15 is 0 Å². The number of rotatable bonds is 7. The molecule has 0 spiro atoms. The molecule has 3 aromatic rings. The monoisotopic (exact) mass is 460 g/mol. The number of hydrogen-bond acceptors (Lipinski definition) is 7. The van der Waals surface area contributed by atoms with Gasteiger partial charge in [-0.2, -0.15) is 0 Å². The molecule has 0 saturated carbocycles. The maximum Gasteiger partial charge on any atom is 0.240 e. The number of nitrogens with zero attached hydrogens (tertiary/aromatic N) is 2. The van der Waals surface area contributed by atoms with E-state index in [1.54, 1.807) is 18.2 Å². The molecule has 31 heavy (non-hydrogen) atoms. The van der Waals surface area contributed by atoms with E-state index in [0.717, 1.165) is 34.4 Å². The minimum absolute atomic E-state index is 0.168. The maximum atomic E-state index is 12.8. The first-order chi connectivity index (χ1) is 14.9. The van der Waals surface area contributed by atoms with Crippen LogP contribution in [-0.2, 0) is 19.6 Å². The van der Waals surface area contributed by atoms with Gasteiger partial charge in [-0.05, 0) is 35.4 Å². The summed E-state index contributed by atoms with van der Waals surface area (Å²) in [5.41, 5.74) is 2.47. The Balaban J connectivity index is 1.49. The Labute approximate surface area is 185 Å². The van der Waals surface area contributed by atoms with Crippen molar-refractivity contribution in [1.82, 2.24) is 14.6 Å². The van der Waals surface area contributed by atoms with Crippen LogP contribution in [0.2, 0.25) is 0 Å². The maximum absolute atomic E-state index is 12.8. The number of aromatic nitrogens is 1. The second-order valence-corrected chi connectivity index (χ2v) is 10.1. The molecule has 2 N–H and O–H groups in total. The summed E-state index contributed by atoms with van der Waals surface area (Å²) in [4.78, 5) is 18.1. The van der Waals surface area contributed by atoms with Crippen LogP contribution in [0.25, 0.3) is 21.3 Å². The Kier molecular flexibility index (Phi) is 6.63. The van der Waals surface area contributed by atoms with E-state index in [4.69, 9.17) is 4.74 Å². The lowest BCUT2D eigenvalue weighted by molar-refractivity contribution is -0.114. The van der Waals surface area contributed by atoms with Gasteiger partial charge in [0.1, 0.15) is 0 Å². The van der Waals surface area contributed by atoms with E-state index in [1.165, 1.54) is 18.3 Å². The van der Waals surface area contributed by atoms with E-state index < -0.39 is 10.0 Å². The van der Waals surface area contributed by atoms with Gasteiger partial charge in [0.2, 0.25) is 15.9 Å². The van der Waals surface area contributed by atoms with Crippen molar-refractivity contribution >= 4 is 42.6 Å². The Hall–Kier alpha value is -2.37. The zero-order chi connectivity index (χ0) is 21.8. The summed E-state index contributed by atoms with van der Waals surface area (Å²) in [5.74, 6) is -0.168. The first kappa shape index (κ1) is 21.8. The average Bonchev–Trinajstić information content (AvgIpc) is 3.15. The van der Waals surface area contributed by atoms with Crippen LogP contribution < -0.4 is 10.0 Å². The normalized spacial score (nSPS) is 15.3. The zero-order valence-electron chi connectivity index (χ0n) is 17.1. The minimum Gasteiger partial charge on any atom is -0.379 e. The molecule has 0 bridgehead atoms. The fraction of sp³-hybridized carbons (Fsp3) is 0.333. The van der Waals surface area contributed by atoms with Gasteiger partial charge in [-0.3, -0.25) is 9.69 Å². The van der Waals surface area contributed by atoms with Crippen molar-refractivity contribution in [2.24, 2.45) is 0 Å². The Morgan fingerprint density at radius 3 is 2.71 bits per heavy atom. The lowest BCUT2D eigenvalue weighted by Gasteiger charge is -2.26. The molecular formula is C21H24N4O4S2. The fourth-order valence-corrected chi connectivity index (χ4v) is 5.41. The predicted octanol–water partition coefficient (Wildman–Crippen LogP) is 2.53. The minimum atomic E-state index is -3.61. The third-order valence-corrected chi connectivity index (χ3v) is 7.37. The Morgan fingerprint density at radius 1 is 1.16 bits per heavy atom. The van der Waals surface area contributed by atoms with Crippen molar-refractivity contribution in [1.29, 1.82) is 0 Å². The van der Waals surface area contributed by atoms with Gasteiger partial charge in [0.15, 0.2) is 5.13 Å². The largest absolute Gasteiger partial charge is 0.379 e. The van der Waals surface area contributed by atoms with Crippen LogP contribution >= 0.6 is 11.3 Å². The van der Waals surface area contributed by atoms with Gasteiger partial charge < -0.3 is 10.1 Å². The van der Waals surface area contributed by atoms with Gasteiger partial charge in [0.05, 0.1) is 28.3 Å². The molecule has 0 atom stereocenters. The lowest BCUT2D eigenvalue weighted by Crippen LogP contribution is -2.41. The number of hydrogen-bond donors (Lipinski definition) is 2. The Bertz CT molecular complexity index is 1190. The van der Waals surface area contributed by atoms with Crippen LogP contribution in [0.1, 0.15) is 6.92 Å². The number of nitrogens with one attached hydrogen (secondary N) is 2. The Morgan fingerprint density at radius 2 is 1.94 bits per heavy atom. The van der Waals surface area contributed by atoms with Crippen LogP contribution in [0.4, 0.5) is 5.13 Å². The molecule has 1 aliphatic heterocycles. The summed E-state index contributed by atoms with van der Waals surface area (Å²) < 4.78 is 34.5. The van der Waals surface area contributed by atoms with Crippen molar-refractivity contribution in [3.63, 3.8) is 0 Å². The van der Waals surface area contributed by atoms with Gasteiger partial charge in [0, 0.05) is 33.1 Å². The van der Waals surface area contributed by atoms with Crippen molar-refractivity contribution in [3.05, 3.63) is 42.5 Å². The van der Waals surface area contributed by atoms with E-state index in [9.17, 15) is 13.2 Å². The highest BCUT2D eigenvalue weighted by molar-refractivity contribution is 7.89. The molecule has 8 nitrogen and oxygen atoms in total. The molecule has 164 valence electrons. The van der Waals surface area contributed by atoms with Crippen molar-refractivity contribution in [2.45, 2.75) is 11.8 Å². The van der Waals surface area contributed by atoms with Gasteiger partial charge in [-0.1, -0.05) is 29.5 Å². The van der Waals surface area contributed by atoms with Crippen molar-refractivity contribution in [2.75, 3.05) is 44.7 Å². The molecule has 4 rings (SSSR count). The summed E-state index contributed by atoms with van der Waals surface area (Å²) in [6.45, 7) is 5.46. The van der Waals surface area contributed by atoms with Gasteiger partial charge in [-0.25, -0.2) is 18.1 Å². The number of benzene rings is 2. The molecular weight excluding hydrogens is 436 g/mol. The fourth-order valence-electron chi connectivity index (χ4n) is 3.40. The van der Waals surface area contributed by atoms with E-state index in [1.807, 2.05) is 24.3 Å². The van der Waals surface area contributed by atoms with Crippen LogP contribution in [0.3, 0.4) is 0 Å². The SMILES string of the molecule is CC(=O)Nc1nc2ccc(-c3cccc(S(=O)(=O)NCCN4CCOCC4)c3)cc2s1. The highest BCUT2D eigenvalue weighted by Gasteiger charge is 2.16. The molecule has 0 radical (unpaired) electrons. The second-order valence-electron chi connectivity index (χ2n) is 7.26. The smallest absolute Gasteiger partial charge is 0.240 e. The van der Waals surface area contributed by atoms with E-state index in [-0.39, 0.29) is 10.8 Å². The van der Waals surface area contributed by atoms with E-state index in [0.29, 0.717) is 31.4 Å². The van der Waals surface area contributed by atoms with Crippen LogP contribution in [0, 0.1) is 0 Å². The quantitative estimate of drug-likeness (QED) is 0.562. The highest BCUT2D eigenvalue weighted by Crippen LogP contribution is 2.31. The van der Waals surface area contributed by atoms with Crippen LogP contribution in [0.5, 0.6) is 0 Å². The molecule has 1 fully saturated rings. The number of thiazole rings is 1. The lowest BCUT2D eigenvalue weighted by atomic mass is 10.1. The third-order valence-electron chi connectivity index (χ3n) is 4.97. The number of carbonyl (C=O) groups excluding carboxylic acids is 1. The third kappa shape index (κ3) is 5.46. The first-order valence-electron chi connectivity index (χ1n) is 9.99. The topological polar surface area (TPSA) is 101 Å². The van der Waals surface area contributed by atoms with Crippen LogP contribution in [-0.4, -0.2) is 63.6 Å². The predicted molar refractivity (Wildman–Crippen MR) is 122 cm³/mol. The number of carbonyl (C=O) groups is 1. The van der Waals surface area contributed by atoms with Gasteiger partial charge >= 0.3 is 0 Å².